The third kappa shape index (κ3) is 3.60. The normalized spacial score (nSPS) is 10.3. The summed E-state index contributed by atoms with van der Waals surface area (Å²) in [6.45, 7) is 3.64. The maximum atomic E-state index is 11.9. The SMILES string of the molecule is CCOc1ccc(C(=O)OCc2cc(C)no2)cc1[N+](=O)[O-]. The minimum Gasteiger partial charge on any atom is -0.487 e. The topological polar surface area (TPSA) is 105 Å². The van der Waals surface area contributed by atoms with Gasteiger partial charge in [0.15, 0.2) is 18.1 Å². The number of aromatic nitrogens is 1. The standard InChI is InChI=1S/C14H14N2O6/c1-3-20-13-5-4-10(7-12(13)16(18)19)14(17)21-8-11-6-9(2)15-22-11/h4-7H,3,8H2,1-2H3. The monoisotopic (exact) mass is 306 g/mol. The smallest absolute Gasteiger partial charge is 0.338 e. The first kappa shape index (κ1) is 15.5. The van der Waals surface area contributed by atoms with Gasteiger partial charge in [0.2, 0.25) is 0 Å². The first-order valence-corrected chi connectivity index (χ1v) is 6.51. The fraction of sp³-hybridized carbons (Fsp3) is 0.286. The number of carbonyl (C=O) groups excluding carboxylic acids is 1. The highest BCUT2D eigenvalue weighted by atomic mass is 16.6. The van der Waals surface area contributed by atoms with Crippen molar-refractivity contribution in [1.82, 2.24) is 5.16 Å². The van der Waals surface area contributed by atoms with Gasteiger partial charge in [-0.3, -0.25) is 10.1 Å². The van der Waals surface area contributed by atoms with E-state index < -0.39 is 10.9 Å². The molecule has 0 saturated carbocycles. The van der Waals surface area contributed by atoms with E-state index in [-0.39, 0.29) is 30.2 Å². The van der Waals surface area contributed by atoms with Gasteiger partial charge in [-0.1, -0.05) is 5.16 Å². The lowest BCUT2D eigenvalue weighted by Crippen LogP contribution is -2.06. The number of nitro benzene ring substituents is 1. The Hall–Kier alpha value is -2.90. The van der Waals surface area contributed by atoms with Crippen molar-refractivity contribution in [2.24, 2.45) is 0 Å². The molecule has 0 aliphatic rings. The Morgan fingerprint density at radius 3 is 2.77 bits per heavy atom. The van der Waals surface area contributed by atoms with Crippen LogP contribution in [0.1, 0.15) is 28.7 Å². The van der Waals surface area contributed by atoms with E-state index in [1.165, 1.54) is 12.1 Å². The average molecular weight is 306 g/mol. The van der Waals surface area contributed by atoms with Gasteiger partial charge in [0, 0.05) is 12.1 Å². The van der Waals surface area contributed by atoms with E-state index in [4.69, 9.17) is 14.0 Å². The second-order valence-corrected chi connectivity index (χ2v) is 4.38. The van der Waals surface area contributed by atoms with E-state index in [9.17, 15) is 14.9 Å². The Morgan fingerprint density at radius 2 is 2.18 bits per heavy atom. The lowest BCUT2D eigenvalue weighted by Gasteiger charge is -2.06. The highest BCUT2D eigenvalue weighted by Crippen LogP contribution is 2.28. The van der Waals surface area contributed by atoms with Crippen molar-refractivity contribution < 1.29 is 23.7 Å². The Balaban J connectivity index is 2.12. The third-order valence-corrected chi connectivity index (χ3v) is 2.71. The van der Waals surface area contributed by atoms with Gasteiger partial charge in [0.1, 0.15) is 0 Å². The molecule has 1 aromatic carbocycles. The van der Waals surface area contributed by atoms with E-state index in [0.29, 0.717) is 11.5 Å². The van der Waals surface area contributed by atoms with Crippen LogP contribution in [-0.4, -0.2) is 22.7 Å². The average Bonchev–Trinajstić information content (AvgIpc) is 2.91. The van der Waals surface area contributed by atoms with Gasteiger partial charge in [-0.15, -0.1) is 0 Å². The summed E-state index contributed by atoms with van der Waals surface area (Å²) in [5.41, 5.74) is 0.445. The molecule has 1 heterocycles. The van der Waals surface area contributed by atoms with Crippen molar-refractivity contribution in [1.29, 1.82) is 0 Å². The molecule has 2 rings (SSSR count). The summed E-state index contributed by atoms with van der Waals surface area (Å²) < 4.78 is 15.1. The van der Waals surface area contributed by atoms with E-state index in [1.54, 1.807) is 19.9 Å². The van der Waals surface area contributed by atoms with Gasteiger partial charge in [-0.25, -0.2) is 4.79 Å². The van der Waals surface area contributed by atoms with Crippen LogP contribution < -0.4 is 4.74 Å². The van der Waals surface area contributed by atoms with Crippen molar-refractivity contribution in [3.8, 4) is 5.75 Å². The van der Waals surface area contributed by atoms with E-state index >= 15 is 0 Å². The molecule has 0 radical (unpaired) electrons. The second-order valence-electron chi connectivity index (χ2n) is 4.38. The zero-order valence-corrected chi connectivity index (χ0v) is 12.1. The van der Waals surface area contributed by atoms with Crippen molar-refractivity contribution in [3.05, 3.63) is 51.4 Å². The summed E-state index contributed by atoms with van der Waals surface area (Å²) in [5.74, 6) is -0.193. The molecule has 8 heteroatoms. The van der Waals surface area contributed by atoms with Crippen LogP contribution in [0.4, 0.5) is 5.69 Å². The minimum absolute atomic E-state index is 0.0615. The molecule has 0 spiro atoms. The number of rotatable bonds is 6. The molecule has 22 heavy (non-hydrogen) atoms. The lowest BCUT2D eigenvalue weighted by atomic mass is 10.2. The van der Waals surface area contributed by atoms with Crippen LogP contribution in [0.3, 0.4) is 0 Å². The highest BCUT2D eigenvalue weighted by molar-refractivity contribution is 5.90. The predicted octanol–water partition coefficient (Wildman–Crippen LogP) is 2.65. The molecule has 0 atom stereocenters. The fourth-order valence-electron chi connectivity index (χ4n) is 1.77. The number of ether oxygens (including phenoxy) is 2. The van der Waals surface area contributed by atoms with Gasteiger partial charge in [0.05, 0.1) is 22.8 Å². The largest absolute Gasteiger partial charge is 0.487 e. The fourth-order valence-corrected chi connectivity index (χ4v) is 1.77. The number of nitro groups is 1. The maximum absolute atomic E-state index is 11.9. The molecule has 2 aromatic rings. The van der Waals surface area contributed by atoms with Crippen LogP contribution in [0.2, 0.25) is 0 Å². The number of nitrogens with zero attached hydrogens (tertiary/aromatic N) is 2. The van der Waals surface area contributed by atoms with Gasteiger partial charge >= 0.3 is 11.7 Å². The van der Waals surface area contributed by atoms with Crippen LogP contribution in [0.5, 0.6) is 5.75 Å². The lowest BCUT2D eigenvalue weighted by molar-refractivity contribution is -0.385. The summed E-state index contributed by atoms with van der Waals surface area (Å²) in [6.07, 6.45) is 0. The zero-order chi connectivity index (χ0) is 16.1. The number of aryl methyl sites for hydroxylation is 1. The second kappa shape index (κ2) is 6.70. The molecule has 116 valence electrons. The first-order valence-electron chi connectivity index (χ1n) is 6.51. The third-order valence-electron chi connectivity index (χ3n) is 2.71. The van der Waals surface area contributed by atoms with E-state index in [2.05, 4.69) is 5.16 Å². The molecule has 8 nitrogen and oxygen atoms in total. The Kier molecular flexibility index (Phi) is 4.72. The van der Waals surface area contributed by atoms with Crippen LogP contribution in [0, 0.1) is 17.0 Å². The summed E-state index contributed by atoms with van der Waals surface area (Å²) in [7, 11) is 0. The summed E-state index contributed by atoms with van der Waals surface area (Å²) >= 11 is 0. The number of esters is 1. The molecule has 0 bridgehead atoms. The zero-order valence-electron chi connectivity index (χ0n) is 12.1. The number of hydrogen-bond acceptors (Lipinski definition) is 7. The van der Waals surface area contributed by atoms with Crippen LogP contribution in [0.25, 0.3) is 0 Å². The molecule has 1 aromatic heterocycles. The Bertz CT molecular complexity index is 694. The molecular formula is C14H14N2O6. The molecule has 0 fully saturated rings. The van der Waals surface area contributed by atoms with E-state index in [1.807, 2.05) is 0 Å². The van der Waals surface area contributed by atoms with Crippen LogP contribution in [-0.2, 0) is 11.3 Å². The predicted molar refractivity (Wildman–Crippen MR) is 74.6 cm³/mol. The number of benzene rings is 1. The van der Waals surface area contributed by atoms with Crippen molar-refractivity contribution >= 4 is 11.7 Å². The summed E-state index contributed by atoms with van der Waals surface area (Å²) in [5, 5.41) is 14.7. The molecule has 0 amide bonds. The van der Waals surface area contributed by atoms with Gasteiger partial charge < -0.3 is 14.0 Å². The number of hydrogen-bond donors (Lipinski definition) is 0. The van der Waals surface area contributed by atoms with E-state index in [0.717, 1.165) is 6.07 Å². The van der Waals surface area contributed by atoms with Gasteiger partial charge in [-0.05, 0) is 26.0 Å². The first-order chi connectivity index (χ1) is 10.5. The van der Waals surface area contributed by atoms with Crippen LogP contribution >= 0.6 is 0 Å². The molecular weight excluding hydrogens is 292 g/mol. The quantitative estimate of drug-likeness (QED) is 0.459. The molecule has 0 unspecified atom stereocenters. The highest BCUT2D eigenvalue weighted by Gasteiger charge is 2.19. The van der Waals surface area contributed by atoms with Gasteiger partial charge in [-0.2, -0.15) is 0 Å². The number of carbonyl (C=O) groups is 1. The maximum Gasteiger partial charge on any atom is 0.338 e. The van der Waals surface area contributed by atoms with Crippen molar-refractivity contribution in [2.75, 3.05) is 6.61 Å². The molecule has 0 aliphatic heterocycles. The van der Waals surface area contributed by atoms with Crippen LogP contribution in [0.15, 0.2) is 28.8 Å². The Labute approximate surface area is 125 Å². The molecule has 0 N–H and O–H groups in total. The van der Waals surface area contributed by atoms with Crippen molar-refractivity contribution in [2.45, 2.75) is 20.5 Å². The molecule has 0 saturated heterocycles. The van der Waals surface area contributed by atoms with Gasteiger partial charge in [0.25, 0.3) is 0 Å². The van der Waals surface area contributed by atoms with Crippen molar-refractivity contribution in [3.63, 3.8) is 0 Å². The molecule has 0 aliphatic carbocycles. The summed E-state index contributed by atoms with van der Waals surface area (Å²) in [4.78, 5) is 22.3. The summed E-state index contributed by atoms with van der Waals surface area (Å²) in [6, 6.07) is 5.54. The minimum atomic E-state index is -0.694. The Morgan fingerprint density at radius 1 is 1.41 bits per heavy atom.